The van der Waals surface area contributed by atoms with E-state index in [0.717, 1.165) is 48.2 Å². The average molecular weight is 291 g/mol. The Balaban J connectivity index is 2.04. The van der Waals surface area contributed by atoms with E-state index in [4.69, 9.17) is 15.5 Å². The number of fused-ring (bicyclic) bond motifs is 1. The number of nitrogens with two attached hydrogens (primary N) is 1. The van der Waals surface area contributed by atoms with Crippen LogP contribution >= 0.6 is 11.3 Å². The van der Waals surface area contributed by atoms with Crippen molar-refractivity contribution < 1.29 is 4.74 Å². The molecular weight excluding hydrogens is 270 g/mol. The molecule has 3 rings (SSSR count). The summed E-state index contributed by atoms with van der Waals surface area (Å²) in [4.78, 5) is 7.07. The van der Waals surface area contributed by atoms with Crippen LogP contribution in [0.2, 0.25) is 0 Å². The number of hydrogen-bond acceptors (Lipinski definition) is 5. The molecule has 2 heterocycles. The first kappa shape index (κ1) is 13.6. The molecule has 1 aromatic carbocycles. The number of morpholine rings is 1. The Hall–Kier alpha value is -1.33. The Morgan fingerprint density at radius 1 is 1.25 bits per heavy atom. The van der Waals surface area contributed by atoms with Crippen molar-refractivity contribution in [1.82, 2.24) is 4.98 Å². The van der Waals surface area contributed by atoms with E-state index in [1.165, 1.54) is 4.70 Å². The molecule has 0 amide bonds. The van der Waals surface area contributed by atoms with Gasteiger partial charge in [0.1, 0.15) is 0 Å². The van der Waals surface area contributed by atoms with E-state index in [2.05, 4.69) is 37.8 Å². The molecule has 2 N–H and O–H groups in total. The maximum absolute atomic E-state index is 6.23. The second-order valence-electron chi connectivity index (χ2n) is 6.25. The van der Waals surface area contributed by atoms with Crippen LogP contribution in [0.4, 0.5) is 11.4 Å². The summed E-state index contributed by atoms with van der Waals surface area (Å²) in [6.45, 7) is 9.90. The van der Waals surface area contributed by atoms with E-state index in [1.54, 1.807) is 11.3 Å². The van der Waals surface area contributed by atoms with Crippen LogP contribution in [0.1, 0.15) is 25.8 Å². The molecule has 0 unspecified atom stereocenters. The van der Waals surface area contributed by atoms with E-state index in [-0.39, 0.29) is 5.41 Å². The van der Waals surface area contributed by atoms with Crippen LogP contribution in [0.3, 0.4) is 0 Å². The molecule has 1 fully saturated rings. The van der Waals surface area contributed by atoms with Crippen LogP contribution in [0.25, 0.3) is 10.2 Å². The van der Waals surface area contributed by atoms with Crippen molar-refractivity contribution in [3.8, 4) is 0 Å². The minimum atomic E-state index is 0.0809. The van der Waals surface area contributed by atoms with Gasteiger partial charge in [-0.05, 0) is 12.1 Å². The van der Waals surface area contributed by atoms with Gasteiger partial charge in [0.05, 0.1) is 39.8 Å². The molecule has 20 heavy (non-hydrogen) atoms. The zero-order valence-electron chi connectivity index (χ0n) is 12.3. The Morgan fingerprint density at radius 3 is 2.60 bits per heavy atom. The molecular formula is C15H21N3OS. The second-order valence-corrected chi connectivity index (χ2v) is 7.28. The normalized spacial score (nSPS) is 16.9. The lowest BCUT2D eigenvalue weighted by Crippen LogP contribution is -2.36. The number of aromatic nitrogens is 1. The molecule has 108 valence electrons. The maximum atomic E-state index is 6.23. The third kappa shape index (κ3) is 2.47. The summed E-state index contributed by atoms with van der Waals surface area (Å²) in [5, 5.41) is 1.16. The minimum Gasteiger partial charge on any atom is -0.397 e. The highest BCUT2D eigenvalue weighted by atomic mass is 32.1. The van der Waals surface area contributed by atoms with E-state index >= 15 is 0 Å². The van der Waals surface area contributed by atoms with Gasteiger partial charge in [-0.15, -0.1) is 11.3 Å². The molecule has 0 bridgehead atoms. The lowest BCUT2D eigenvalue weighted by atomic mass is 9.98. The van der Waals surface area contributed by atoms with Gasteiger partial charge >= 0.3 is 0 Å². The van der Waals surface area contributed by atoms with Gasteiger partial charge in [-0.3, -0.25) is 0 Å². The third-order valence-corrected chi connectivity index (χ3v) is 4.97. The number of nitrogen functional groups attached to an aromatic ring is 1. The van der Waals surface area contributed by atoms with Gasteiger partial charge in [0.2, 0.25) is 0 Å². The highest BCUT2D eigenvalue weighted by Crippen LogP contribution is 2.36. The van der Waals surface area contributed by atoms with Crippen molar-refractivity contribution in [1.29, 1.82) is 0 Å². The quantitative estimate of drug-likeness (QED) is 0.821. The predicted molar refractivity (Wildman–Crippen MR) is 85.8 cm³/mol. The molecule has 0 atom stereocenters. The summed E-state index contributed by atoms with van der Waals surface area (Å²) in [6, 6.07) is 4.19. The van der Waals surface area contributed by atoms with Crippen LogP contribution in [0, 0.1) is 0 Å². The van der Waals surface area contributed by atoms with Gasteiger partial charge < -0.3 is 15.4 Å². The van der Waals surface area contributed by atoms with Crippen molar-refractivity contribution >= 4 is 32.9 Å². The number of hydrogen-bond donors (Lipinski definition) is 1. The number of rotatable bonds is 1. The zero-order valence-corrected chi connectivity index (χ0v) is 13.1. The van der Waals surface area contributed by atoms with Gasteiger partial charge in [0, 0.05) is 18.5 Å². The molecule has 1 saturated heterocycles. The van der Waals surface area contributed by atoms with Crippen LogP contribution in [0.15, 0.2) is 12.1 Å². The van der Waals surface area contributed by atoms with Crippen molar-refractivity contribution in [2.24, 2.45) is 0 Å². The SMILES string of the molecule is CC(C)(C)c1nc2cc(N3CCOCC3)c(N)cc2s1. The Morgan fingerprint density at radius 2 is 1.95 bits per heavy atom. The van der Waals surface area contributed by atoms with Crippen molar-refractivity contribution in [3.63, 3.8) is 0 Å². The van der Waals surface area contributed by atoms with Crippen molar-refractivity contribution in [2.45, 2.75) is 26.2 Å². The molecule has 1 aliphatic rings. The van der Waals surface area contributed by atoms with Crippen LogP contribution in [-0.4, -0.2) is 31.3 Å². The number of benzene rings is 1. The fourth-order valence-electron chi connectivity index (χ4n) is 2.38. The Bertz CT molecular complexity index is 624. The fraction of sp³-hybridized carbons (Fsp3) is 0.533. The standard InChI is InChI=1S/C15H21N3OS/c1-15(2,3)14-17-11-9-12(10(16)8-13(11)20-14)18-4-6-19-7-5-18/h8-9H,4-7,16H2,1-3H3. The van der Waals surface area contributed by atoms with Gasteiger partial charge in [0.25, 0.3) is 0 Å². The molecule has 0 saturated carbocycles. The summed E-state index contributed by atoms with van der Waals surface area (Å²) < 4.78 is 6.57. The largest absolute Gasteiger partial charge is 0.397 e. The number of ether oxygens (including phenoxy) is 1. The zero-order chi connectivity index (χ0) is 14.3. The third-order valence-electron chi connectivity index (χ3n) is 3.53. The maximum Gasteiger partial charge on any atom is 0.0992 e. The van der Waals surface area contributed by atoms with E-state index in [1.807, 2.05) is 0 Å². The second kappa shape index (κ2) is 4.90. The highest BCUT2D eigenvalue weighted by molar-refractivity contribution is 7.18. The van der Waals surface area contributed by atoms with E-state index < -0.39 is 0 Å². The molecule has 5 heteroatoms. The van der Waals surface area contributed by atoms with Gasteiger partial charge in [-0.25, -0.2) is 4.98 Å². The predicted octanol–water partition coefficient (Wildman–Crippen LogP) is 3.01. The van der Waals surface area contributed by atoms with E-state index in [9.17, 15) is 0 Å². The molecule has 0 spiro atoms. The number of nitrogens with zero attached hydrogens (tertiary/aromatic N) is 2. The molecule has 4 nitrogen and oxygen atoms in total. The summed E-state index contributed by atoms with van der Waals surface area (Å²) in [5.41, 5.74) is 9.29. The first-order chi connectivity index (χ1) is 9.45. The Labute approximate surface area is 123 Å². The molecule has 0 aliphatic carbocycles. The van der Waals surface area contributed by atoms with E-state index in [0.29, 0.717) is 0 Å². The average Bonchev–Trinajstić information content (AvgIpc) is 2.81. The van der Waals surface area contributed by atoms with Crippen LogP contribution in [-0.2, 0) is 10.2 Å². The van der Waals surface area contributed by atoms with Crippen LogP contribution in [0.5, 0.6) is 0 Å². The fourth-order valence-corrected chi connectivity index (χ4v) is 3.43. The van der Waals surface area contributed by atoms with Gasteiger partial charge in [-0.2, -0.15) is 0 Å². The smallest absolute Gasteiger partial charge is 0.0992 e. The van der Waals surface area contributed by atoms with Crippen molar-refractivity contribution in [2.75, 3.05) is 36.9 Å². The monoisotopic (exact) mass is 291 g/mol. The first-order valence-corrected chi connectivity index (χ1v) is 7.80. The van der Waals surface area contributed by atoms with Crippen LogP contribution < -0.4 is 10.6 Å². The van der Waals surface area contributed by atoms with Gasteiger partial charge in [0.15, 0.2) is 0 Å². The summed E-state index contributed by atoms with van der Waals surface area (Å²) >= 11 is 1.74. The molecule has 2 aromatic rings. The summed E-state index contributed by atoms with van der Waals surface area (Å²) in [6.07, 6.45) is 0. The first-order valence-electron chi connectivity index (χ1n) is 6.98. The topological polar surface area (TPSA) is 51.4 Å². The molecule has 1 aromatic heterocycles. The van der Waals surface area contributed by atoms with Crippen molar-refractivity contribution in [3.05, 3.63) is 17.1 Å². The highest BCUT2D eigenvalue weighted by Gasteiger charge is 2.21. The minimum absolute atomic E-state index is 0.0809. The lowest BCUT2D eigenvalue weighted by molar-refractivity contribution is 0.123. The number of anilines is 2. The molecule has 0 radical (unpaired) electrons. The van der Waals surface area contributed by atoms with Gasteiger partial charge in [-0.1, -0.05) is 20.8 Å². The molecule has 1 aliphatic heterocycles. The summed E-state index contributed by atoms with van der Waals surface area (Å²) in [5.74, 6) is 0. The number of thiazole rings is 1. The lowest BCUT2D eigenvalue weighted by Gasteiger charge is -2.29. The Kier molecular flexibility index (Phi) is 3.34. The summed E-state index contributed by atoms with van der Waals surface area (Å²) in [7, 11) is 0.